The van der Waals surface area contributed by atoms with Crippen LogP contribution < -0.4 is 16.1 Å². The van der Waals surface area contributed by atoms with Crippen LogP contribution in [0.25, 0.3) is 0 Å². The molecule has 0 aliphatic carbocycles. The molecule has 0 bridgehead atoms. The van der Waals surface area contributed by atoms with Crippen molar-refractivity contribution in [1.29, 1.82) is 0 Å². The Bertz CT molecular complexity index is 472. The standard InChI is InChI=1S/C11H22N2Si2.C6H16N2.Ni/c1-14(2,3)9-7-8-13-11(12)10(9)15(4,5)6;1-7(2)5-6-8(3)4;/h7-8H,1-6H3,(H2,12,13);5-6H2,1-4H3;. The molecule has 0 saturated carbocycles. The molecule has 0 spiro atoms. The number of nitrogen functional groups attached to an aromatic ring is 1. The molecule has 0 atom stereocenters. The number of rotatable bonds is 5. The molecule has 1 aromatic rings. The summed E-state index contributed by atoms with van der Waals surface area (Å²) in [6.07, 6.45) is 1.85. The van der Waals surface area contributed by atoms with Crippen LogP contribution in [0.2, 0.25) is 39.3 Å². The Labute approximate surface area is 162 Å². The van der Waals surface area contributed by atoms with Crippen LogP contribution in [0.1, 0.15) is 0 Å². The average Bonchev–Trinajstić information content (AvgIpc) is 2.34. The molecule has 7 heteroatoms. The number of pyridine rings is 1. The van der Waals surface area contributed by atoms with Crippen molar-refractivity contribution in [2.75, 3.05) is 47.0 Å². The van der Waals surface area contributed by atoms with E-state index in [1.807, 2.05) is 6.20 Å². The summed E-state index contributed by atoms with van der Waals surface area (Å²) in [5, 5.41) is 2.87. The van der Waals surface area contributed by atoms with Gasteiger partial charge in [-0.3, -0.25) is 0 Å². The molecule has 0 amide bonds. The first-order chi connectivity index (χ1) is 10.3. The van der Waals surface area contributed by atoms with Gasteiger partial charge in [0.15, 0.2) is 0 Å². The summed E-state index contributed by atoms with van der Waals surface area (Å²) in [6, 6.07) is 2.18. The van der Waals surface area contributed by atoms with Gasteiger partial charge >= 0.3 is 0 Å². The maximum absolute atomic E-state index is 6.05. The van der Waals surface area contributed by atoms with E-state index >= 15 is 0 Å². The van der Waals surface area contributed by atoms with E-state index in [1.54, 1.807) is 0 Å². The number of aromatic nitrogens is 1. The average molecular weight is 413 g/mol. The topological polar surface area (TPSA) is 45.4 Å². The molecule has 0 aliphatic rings. The van der Waals surface area contributed by atoms with Crippen molar-refractivity contribution >= 4 is 32.3 Å². The number of likely N-dealkylation sites (N-methyl/N-ethyl adjacent to an activating group) is 2. The van der Waals surface area contributed by atoms with Gasteiger partial charge in [-0.15, -0.1) is 0 Å². The second-order valence-electron chi connectivity index (χ2n) is 8.73. The Morgan fingerprint density at radius 3 is 1.54 bits per heavy atom. The zero-order valence-electron chi connectivity index (χ0n) is 17.3. The number of anilines is 1. The van der Waals surface area contributed by atoms with Crippen LogP contribution >= 0.6 is 0 Å². The molecule has 0 fully saturated rings. The van der Waals surface area contributed by atoms with Gasteiger partial charge in [0.25, 0.3) is 0 Å². The summed E-state index contributed by atoms with van der Waals surface area (Å²) in [5.41, 5.74) is 6.05. The predicted molar refractivity (Wildman–Crippen MR) is 112 cm³/mol. The van der Waals surface area contributed by atoms with Crippen molar-refractivity contribution in [3.8, 4) is 0 Å². The number of hydrogen-bond donors (Lipinski definition) is 1. The van der Waals surface area contributed by atoms with Gasteiger partial charge in [-0.2, -0.15) is 0 Å². The molecular weight excluding hydrogens is 375 g/mol. The normalized spacial score (nSPS) is 11.8. The molecule has 0 radical (unpaired) electrons. The minimum absolute atomic E-state index is 0. The number of nitrogens with two attached hydrogens (primary N) is 1. The van der Waals surface area contributed by atoms with Gasteiger partial charge in [0.05, 0.1) is 16.1 Å². The molecule has 144 valence electrons. The third kappa shape index (κ3) is 9.94. The van der Waals surface area contributed by atoms with E-state index in [2.05, 4.69) is 88.3 Å². The summed E-state index contributed by atoms with van der Waals surface area (Å²) < 4.78 is 0. The van der Waals surface area contributed by atoms with Gasteiger partial charge < -0.3 is 15.5 Å². The molecule has 0 unspecified atom stereocenters. The minimum Gasteiger partial charge on any atom is -0.384 e. The van der Waals surface area contributed by atoms with Crippen LogP contribution in [-0.4, -0.2) is 72.2 Å². The van der Waals surface area contributed by atoms with Crippen LogP contribution in [0, 0.1) is 0 Å². The Balaban J connectivity index is 0. The maximum atomic E-state index is 6.05. The van der Waals surface area contributed by atoms with E-state index in [1.165, 1.54) is 10.4 Å². The first-order valence-electron chi connectivity index (χ1n) is 8.31. The molecule has 1 rings (SSSR count). The first-order valence-corrected chi connectivity index (χ1v) is 15.3. The molecule has 1 heterocycles. The van der Waals surface area contributed by atoms with Crippen molar-refractivity contribution < 1.29 is 16.5 Å². The molecule has 4 nitrogen and oxygen atoms in total. The van der Waals surface area contributed by atoms with Crippen molar-refractivity contribution in [2.45, 2.75) is 39.3 Å². The smallest absolute Gasteiger partial charge is 0.122 e. The molecule has 0 saturated heterocycles. The summed E-state index contributed by atoms with van der Waals surface area (Å²) in [7, 11) is 5.66. The largest absolute Gasteiger partial charge is 0.384 e. The predicted octanol–water partition coefficient (Wildman–Crippen LogP) is 1.86. The second-order valence-corrected chi connectivity index (χ2v) is 18.8. The molecule has 1 aromatic heterocycles. The van der Waals surface area contributed by atoms with Crippen LogP contribution in [0.4, 0.5) is 5.82 Å². The summed E-state index contributed by atoms with van der Waals surface area (Å²) >= 11 is 0. The second kappa shape index (κ2) is 10.7. The van der Waals surface area contributed by atoms with Gasteiger partial charge in [0.1, 0.15) is 5.82 Å². The fourth-order valence-electron chi connectivity index (χ4n) is 2.29. The zero-order chi connectivity index (χ0) is 18.4. The van der Waals surface area contributed by atoms with Crippen molar-refractivity contribution in [1.82, 2.24) is 14.8 Å². The van der Waals surface area contributed by atoms with Gasteiger partial charge in [-0.05, 0) is 39.4 Å². The third-order valence-corrected chi connectivity index (χ3v) is 7.84. The van der Waals surface area contributed by atoms with Crippen molar-refractivity contribution in [3.05, 3.63) is 12.3 Å². The van der Waals surface area contributed by atoms with E-state index in [-0.39, 0.29) is 16.5 Å². The van der Waals surface area contributed by atoms with Crippen LogP contribution in [0.15, 0.2) is 12.3 Å². The quantitative estimate of drug-likeness (QED) is 0.749. The molecule has 24 heavy (non-hydrogen) atoms. The Morgan fingerprint density at radius 1 is 0.875 bits per heavy atom. The Kier molecular flexibility index (Phi) is 11.6. The van der Waals surface area contributed by atoms with E-state index in [0.717, 1.165) is 18.9 Å². The SMILES string of the molecule is CN(C)CCN(C)C.C[Si](C)(C)c1ccnc(N)c1[Si](C)(C)C.[Ni]. The van der Waals surface area contributed by atoms with Crippen LogP contribution in [0.5, 0.6) is 0 Å². The summed E-state index contributed by atoms with van der Waals surface area (Å²) in [4.78, 5) is 8.62. The fraction of sp³-hybridized carbons (Fsp3) is 0.706. The third-order valence-electron chi connectivity index (χ3n) is 3.53. The van der Waals surface area contributed by atoms with Crippen molar-refractivity contribution in [2.24, 2.45) is 0 Å². The molecule has 0 aliphatic heterocycles. The fourth-order valence-corrected chi connectivity index (χ4v) is 7.72. The van der Waals surface area contributed by atoms with E-state index in [9.17, 15) is 0 Å². The zero-order valence-corrected chi connectivity index (χ0v) is 20.3. The molecule has 0 aromatic carbocycles. The van der Waals surface area contributed by atoms with Gasteiger partial charge in [0.2, 0.25) is 0 Å². The summed E-state index contributed by atoms with van der Waals surface area (Å²) in [5.74, 6) is 0.758. The Morgan fingerprint density at radius 2 is 1.29 bits per heavy atom. The molecular formula is C17H38N4NiSi2. The number of nitrogens with zero attached hydrogens (tertiary/aromatic N) is 3. The van der Waals surface area contributed by atoms with E-state index in [4.69, 9.17) is 5.73 Å². The maximum Gasteiger partial charge on any atom is 0.122 e. The van der Waals surface area contributed by atoms with Crippen LogP contribution in [-0.2, 0) is 16.5 Å². The van der Waals surface area contributed by atoms with Gasteiger partial charge in [0, 0.05) is 35.8 Å². The Hall–Kier alpha value is -0.203. The van der Waals surface area contributed by atoms with Gasteiger partial charge in [-0.1, -0.05) is 44.5 Å². The minimum atomic E-state index is -1.39. The molecule has 2 N–H and O–H groups in total. The van der Waals surface area contributed by atoms with E-state index < -0.39 is 16.1 Å². The summed E-state index contributed by atoms with van der Waals surface area (Å²) in [6.45, 7) is 16.4. The monoisotopic (exact) mass is 412 g/mol. The van der Waals surface area contributed by atoms with E-state index in [0.29, 0.717) is 0 Å². The first kappa shape index (κ1) is 26.0. The van der Waals surface area contributed by atoms with Crippen molar-refractivity contribution in [3.63, 3.8) is 0 Å². The van der Waals surface area contributed by atoms with Gasteiger partial charge in [-0.25, -0.2) is 4.98 Å². The number of hydrogen-bond acceptors (Lipinski definition) is 4. The van der Waals surface area contributed by atoms with Crippen LogP contribution in [0.3, 0.4) is 0 Å².